The maximum atomic E-state index is 3.81. The zero-order valence-electron chi connectivity index (χ0n) is 11.7. The van der Waals surface area contributed by atoms with Gasteiger partial charge in [0.25, 0.3) is 0 Å². The minimum Gasteiger partial charge on any atom is -0.103 e. The summed E-state index contributed by atoms with van der Waals surface area (Å²) in [7, 11) is -0.901. The van der Waals surface area contributed by atoms with Crippen LogP contribution in [0.25, 0.3) is 0 Å². The van der Waals surface area contributed by atoms with Gasteiger partial charge in [0, 0.05) is 8.07 Å². The molecule has 0 heterocycles. The van der Waals surface area contributed by atoms with Gasteiger partial charge in [-0.1, -0.05) is 56.4 Å². The van der Waals surface area contributed by atoms with E-state index in [4.69, 9.17) is 0 Å². The Labute approximate surface area is 103 Å². The Balaban J connectivity index is 3.91. The molecule has 0 radical (unpaired) electrons. The second-order valence-electron chi connectivity index (χ2n) is 5.96. The fraction of sp³-hybridized carbons (Fsp3) is 0.600. The highest BCUT2D eigenvalue weighted by molar-refractivity contribution is 6.76. The van der Waals surface area contributed by atoms with Crippen molar-refractivity contribution in [3.8, 4) is 0 Å². The molecular formula is C15H28Si. The molecule has 1 unspecified atom stereocenters. The van der Waals surface area contributed by atoms with Crippen molar-refractivity contribution in [3.05, 3.63) is 36.5 Å². The molecule has 0 saturated carbocycles. The second-order valence-corrected chi connectivity index (χ2v) is 11.5. The van der Waals surface area contributed by atoms with E-state index in [9.17, 15) is 0 Å². The summed E-state index contributed by atoms with van der Waals surface area (Å²) < 4.78 is 0. The van der Waals surface area contributed by atoms with Gasteiger partial charge in [-0.15, -0.1) is 6.58 Å². The molecule has 0 spiro atoms. The Morgan fingerprint density at radius 1 is 1.31 bits per heavy atom. The molecule has 0 aliphatic heterocycles. The van der Waals surface area contributed by atoms with E-state index in [0.717, 1.165) is 0 Å². The topological polar surface area (TPSA) is 0 Å². The van der Waals surface area contributed by atoms with Gasteiger partial charge < -0.3 is 0 Å². The minimum atomic E-state index is -0.901. The van der Waals surface area contributed by atoms with Crippen LogP contribution in [0.4, 0.5) is 0 Å². The molecule has 16 heavy (non-hydrogen) atoms. The summed E-state index contributed by atoms with van der Waals surface area (Å²) in [4.78, 5) is 0. The van der Waals surface area contributed by atoms with Crippen LogP contribution in [0.3, 0.4) is 0 Å². The molecule has 0 aromatic rings. The van der Waals surface area contributed by atoms with Crippen molar-refractivity contribution >= 4 is 8.07 Å². The van der Waals surface area contributed by atoms with Crippen LogP contribution in [0, 0.1) is 5.92 Å². The van der Waals surface area contributed by atoms with E-state index in [1.54, 1.807) is 0 Å². The van der Waals surface area contributed by atoms with Crippen LogP contribution in [0.1, 0.15) is 26.7 Å². The van der Waals surface area contributed by atoms with Gasteiger partial charge in [0.2, 0.25) is 0 Å². The number of hydrogen-bond acceptors (Lipinski definition) is 0. The van der Waals surface area contributed by atoms with Gasteiger partial charge in [-0.25, -0.2) is 0 Å². The summed E-state index contributed by atoms with van der Waals surface area (Å²) in [6.07, 6.45) is 11.3. The highest BCUT2D eigenvalue weighted by Crippen LogP contribution is 2.13. The van der Waals surface area contributed by atoms with Crippen LogP contribution < -0.4 is 0 Å². The van der Waals surface area contributed by atoms with Crippen LogP contribution in [0.2, 0.25) is 25.7 Å². The Morgan fingerprint density at radius 2 is 1.94 bits per heavy atom. The summed E-state index contributed by atoms with van der Waals surface area (Å²) >= 11 is 0. The summed E-state index contributed by atoms with van der Waals surface area (Å²) in [5.74, 6) is 0.634. The van der Waals surface area contributed by atoms with Gasteiger partial charge in [0.05, 0.1) is 0 Å². The molecule has 0 rings (SSSR count). The molecule has 0 amide bonds. The Kier molecular flexibility index (Phi) is 7.40. The average Bonchev–Trinajstić information content (AvgIpc) is 2.19. The molecule has 92 valence electrons. The first-order valence-corrected chi connectivity index (χ1v) is 10.0. The predicted molar refractivity (Wildman–Crippen MR) is 79.6 cm³/mol. The first kappa shape index (κ1) is 15.4. The lowest BCUT2D eigenvalue weighted by Crippen LogP contribution is -2.17. The van der Waals surface area contributed by atoms with Gasteiger partial charge in [-0.3, -0.25) is 0 Å². The Bertz CT molecular complexity index is 253. The van der Waals surface area contributed by atoms with Crippen molar-refractivity contribution < 1.29 is 0 Å². The van der Waals surface area contributed by atoms with Gasteiger partial charge in [-0.05, 0) is 31.7 Å². The predicted octanol–water partition coefficient (Wildman–Crippen LogP) is 5.43. The Morgan fingerprint density at radius 3 is 2.44 bits per heavy atom. The van der Waals surface area contributed by atoms with Gasteiger partial charge >= 0.3 is 0 Å². The van der Waals surface area contributed by atoms with E-state index < -0.39 is 8.07 Å². The zero-order chi connectivity index (χ0) is 12.6. The average molecular weight is 236 g/mol. The van der Waals surface area contributed by atoms with E-state index >= 15 is 0 Å². The molecule has 0 saturated heterocycles. The van der Waals surface area contributed by atoms with Crippen LogP contribution >= 0.6 is 0 Å². The molecule has 0 bridgehead atoms. The fourth-order valence-corrected chi connectivity index (χ4v) is 2.15. The second kappa shape index (κ2) is 7.67. The smallest absolute Gasteiger partial charge is 0.0480 e. The van der Waals surface area contributed by atoms with Crippen LogP contribution in [-0.4, -0.2) is 8.07 Å². The summed E-state index contributed by atoms with van der Waals surface area (Å²) in [6.45, 7) is 15.5. The molecule has 0 aliphatic carbocycles. The molecule has 0 aliphatic rings. The van der Waals surface area contributed by atoms with Crippen molar-refractivity contribution in [1.29, 1.82) is 0 Å². The first-order chi connectivity index (χ1) is 7.35. The van der Waals surface area contributed by atoms with E-state index in [1.807, 2.05) is 6.08 Å². The van der Waals surface area contributed by atoms with Gasteiger partial charge in [-0.2, -0.15) is 0 Å². The molecule has 0 N–H and O–H groups in total. The van der Waals surface area contributed by atoms with Crippen LogP contribution in [-0.2, 0) is 0 Å². The molecule has 0 nitrogen and oxygen atoms in total. The van der Waals surface area contributed by atoms with Crippen molar-refractivity contribution in [2.45, 2.75) is 52.4 Å². The number of allylic oxidation sites excluding steroid dienone is 5. The summed E-state index contributed by atoms with van der Waals surface area (Å²) in [5.41, 5.74) is 1.47. The first-order valence-electron chi connectivity index (χ1n) is 6.30. The van der Waals surface area contributed by atoms with Gasteiger partial charge in [0.15, 0.2) is 0 Å². The quantitative estimate of drug-likeness (QED) is 0.314. The lowest BCUT2D eigenvalue weighted by Gasteiger charge is -2.11. The van der Waals surface area contributed by atoms with Crippen molar-refractivity contribution in [2.75, 3.05) is 0 Å². The van der Waals surface area contributed by atoms with Crippen molar-refractivity contribution in [1.82, 2.24) is 0 Å². The molecule has 0 aromatic carbocycles. The van der Waals surface area contributed by atoms with Crippen LogP contribution in [0.15, 0.2) is 36.5 Å². The number of hydrogen-bond donors (Lipinski definition) is 0. The highest BCUT2D eigenvalue weighted by Gasteiger charge is 2.08. The Hall–Kier alpha value is -0.563. The van der Waals surface area contributed by atoms with Crippen molar-refractivity contribution in [2.24, 2.45) is 5.92 Å². The molecule has 0 fully saturated rings. The normalized spacial score (nSPS) is 15.4. The van der Waals surface area contributed by atoms with E-state index in [0.29, 0.717) is 5.92 Å². The highest BCUT2D eigenvalue weighted by atomic mass is 28.3. The third-order valence-electron chi connectivity index (χ3n) is 2.64. The summed E-state index contributed by atoms with van der Waals surface area (Å²) in [5, 5.41) is 0. The SMILES string of the molecule is C=CC(C)CCC(C)=CC=CC[Si](C)(C)C. The lowest BCUT2D eigenvalue weighted by atomic mass is 10.0. The summed E-state index contributed by atoms with van der Waals surface area (Å²) in [6, 6.07) is 1.28. The maximum Gasteiger partial charge on any atom is 0.0480 e. The lowest BCUT2D eigenvalue weighted by molar-refractivity contribution is 0.646. The molecule has 1 heteroatoms. The van der Waals surface area contributed by atoms with Crippen molar-refractivity contribution in [3.63, 3.8) is 0 Å². The van der Waals surface area contributed by atoms with E-state index in [1.165, 1.54) is 24.5 Å². The van der Waals surface area contributed by atoms with E-state index in [2.05, 4.69) is 58.3 Å². The van der Waals surface area contributed by atoms with Crippen LogP contribution in [0.5, 0.6) is 0 Å². The molecule has 1 atom stereocenters. The third-order valence-corrected chi connectivity index (χ3v) is 4.10. The zero-order valence-corrected chi connectivity index (χ0v) is 12.7. The monoisotopic (exact) mass is 236 g/mol. The molecule has 0 aromatic heterocycles. The third kappa shape index (κ3) is 9.97. The van der Waals surface area contributed by atoms with E-state index in [-0.39, 0.29) is 0 Å². The standard InChI is InChI=1S/C15H28Si/c1-7-14(2)11-12-15(3)10-8-9-13-16(4,5)6/h7-10,14H,1,11-13H2,2-6H3. The van der Waals surface area contributed by atoms with Gasteiger partial charge in [0.1, 0.15) is 0 Å². The largest absolute Gasteiger partial charge is 0.103 e. The minimum absolute atomic E-state index is 0.634. The maximum absolute atomic E-state index is 3.81. The molecular weight excluding hydrogens is 208 g/mol. The number of rotatable bonds is 7. The fourth-order valence-electron chi connectivity index (χ4n) is 1.31.